The molecule has 1 aromatic rings. The molecule has 0 saturated heterocycles. The smallest absolute Gasteiger partial charge is 0.0912 e. The molecule has 2 nitrogen and oxygen atoms in total. The highest BCUT2D eigenvalue weighted by molar-refractivity contribution is 5.31. The fraction of sp³-hybridized carbons (Fsp3) is 0.400. The van der Waals surface area contributed by atoms with Crippen molar-refractivity contribution in [3.8, 4) is 0 Å². The van der Waals surface area contributed by atoms with E-state index in [9.17, 15) is 5.11 Å². The minimum absolute atomic E-state index is 0.280. The van der Waals surface area contributed by atoms with Crippen molar-refractivity contribution in [3.05, 3.63) is 34.9 Å². The summed E-state index contributed by atoms with van der Waals surface area (Å²) in [6.45, 7) is 4.36. The number of aliphatic hydroxyl groups is 1. The lowest BCUT2D eigenvalue weighted by atomic mass is 10.0. The zero-order chi connectivity index (χ0) is 9.14. The molecule has 1 aromatic carbocycles. The number of hydrogen-bond acceptors (Lipinski definition) is 2. The van der Waals surface area contributed by atoms with E-state index in [0.29, 0.717) is 0 Å². The Balaban J connectivity index is 2.96. The summed E-state index contributed by atoms with van der Waals surface area (Å²) in [5.74, 6) is 0. The maximum absolute atomic E-state index is 9.42. The summed E-state index contributed by atoms with van der Waals surface area (Å²) in [5, 5.41) is 9.42. The lowest BCUT2D eigenvalue weighted by Gasteiger charge is -2.09. The summed E-state index contributed by atoms with van der Waals surface area (Å²) in [5.41, 5.74) is 8.68. The largest absolute Gasteiger partial charge is 0.387 e. The Morgan fingerprint density at radius 1 is 1.33 bits per heavy atom. The zero-order valence-electron chi connectivity index (χ0n) is 7.54. The molecule has 1 rings (SSSR count). The van der Waals surface area contributed by atoms with Gasteiger partial charge in [-0.15, -0.1) is 0 Å². The number of benzene rings is 1. The van der Waals surface area contributed by atoms with Gasteiger partial charge in [0.1, 0.15) is 0 Å². The first kappa shape index (κ1) is 9.23. The Morgan fingerprint density at radius 2 is 2.00 bits per heavy atom. The van der Waals surface area contributed by atoms with Crippen LogP contribution in [0.2, 0.25) is 0 Å². The van der Waals surface area contributed by atoms with Gasteiger partial charge in [-0.05, 0) is 30.5 Å². The maximum atomic E-state index is 9.42. The second-order valence-corrected chi connectivity index (χ2v) is 3.10. The molecule has 1 unspecified atom stereocenters. The van der Waals surface area contributed by atoms with Gasteiger partial charge >= 0.3 is 0 Å². The summed E-state index contributed by atoms with van der Waals surface area (Å²) in [4.78, 5) is 0. The number of hydrogen-bond donors (Lipinski definition) is 2. The molecule has 0 aromatic heterocycles. The van der Waals surface area contributed by atoms with E-state index in [1.807, 2.05) is 32.0 Å². The first-order chi connectivity index (χ1) is 5.65. The van der Waals surface area contributed by atoms with Crippen molar-refractivity contribution in [1.29, 1.82) is 0 Å². The lowest BCUT2D eigenvalue weighted by Crippen LogP contribution is -2.11. The molecule has 3 N–H and O–H groups in total. The van der Waals surface area contributed by atoms with Crippen LogP contribution in [0.4, 0.5) is 0 Å². The van der Waals surface area contributed by atoms with Gasteiger partial charge in [0, 0.05) is 6.54 Å². The topological polar surface area (TPSA) is 46.2 Å². The van der Waals surface area contributed by atoms with E-state index >= 15 is 0 Å². The number of nitrogens with two attached hydrogens (primary N) is 1. The Bertz CT molecular complexity index is 271. The van der Waals surface area contributed by atoms with E-state index in [1.54, 1.807) is 0 Å². The summed E-state index contributed by atoms with van der Waals surface area (Å²) in [7, 11) is 0. The molecular weight excluding hydrogens is 150 g/mol. The highest BCUT2D eigenvalue weighted by Crippen LogP contribution is 2.15. The van der Waals surface area contributed by atoms with Gasteiger partial charge in [0.05, 0.1) is 6.10 Å². The molecular formula is C10H15NO. The van der Waals surface area contributed by atoms with Crippen LogP contribution in [0.25, 0.3) is 0 Å². The molecule has 0 heterocycles. The molecule has 0 saturated carbocycles. The molecule has 1 atom stereocenters. The molecule has 0 amide bonds. The summed E-state index contributed by atoms with van der Waals surface area (Å²) < 4.78 is 0. The molecule has 0 aliphatic carbocycles. The van der Waals surface area contributed by atoms with E-state index in [1.165, 1.54) is 11.1 Å². The number of aryl methyl sites for hydroxylation is 2. The molecule has 0 fully saturated rings. The average Bonchev–Trinajstić information content (AvgIpc) is 2.08. The standard InChI is InChI=1S/C10H15NO/c1-7-3-4-9(5-8(7)2)10(12)6-11/h3-5,10,12H,6,11H2,1-2H3. The molecule has 0 radical (unpaired) electrons. The minimum Gasteiger partial charge on any atom is -0.387 e. The van der Waals surface area contributed by atoms with Gasteiger partial charge in [0.15, 0.2) is 0 Å². The van der Waals surface area contributed by atoms with Crippen molar-refractivity contribution in [2.24, 2.45) is 5.73 Å². The molecule has 0 bridgehead atoms. The first-order valence-corrected chi connectivity index (χ1v) is 4.10. The van der Waals surface area contributed by atoms with E-state index in [-0.39, 0.29) is 6.54 Å². The van der Waals surface area contributed by atoms with Gasteiger partial charge in [-0.3, -0.25) is 0 Å². The van der Waals surface area contributed by atoms with E-state index in [0.717, 1.165) is 5.56 Å². The predicted octanol–water partition coefficient (Wildman–Crippen LogP) is 1.30. The van der Waals surface area contributed by atoms with Crippen LogP contribution in [0.15, 0.2) is 18.2 Å². The van der Waals surface area contributed by atoms with Crippen molar-refractivity contribution in [2.75, 3.05) is 6.54 Å². The van der Waals surface area contributed by atoms with Crippen LogP contribution in [0.1, 0.15) is 22.8 Å². The third-order valence-corrected chi connectivity index (χ3v) is 2.14. The summed E-state index contributed by atoms with van der Waals surface area (Å²) in [6.07, 6.45) is -0.524. The Kier molecular flexibility index (Phi) is 2.84. The van der Waals surface area contributed by atoms with E-state index in [2.05, 4.69) is 0 Å². The summed E-state index contributed by atoms with van der Waals surface area (Å²) >= 11 is 0. The van der Waals surface area contributed by atoms with Crippen LogP contribution in [0.5, 0.6) is 0 Å². The van der Waals surface area contributed by atoms with Crippen LogP contribution in [0.3, 0.4) is 0 Å². The van der Waals surface area contributed by atoms with Gasteiger partial charge in [-0.2, -0.15) is 0 Å². The van der Waals surface area contributed by atoms with E-state index < -0.39 is 6.10 Å². The third kappa shape index (κ3) is 1.84. The van der Waals surface area contributed by atoms with Gasteiger partial charge in [-0.25, -0.2) is 0 Å². The molecule has 0 aliphatic heterocycles. The van der Waals surface area contributed by atoms with Crippen LogP contribution >= 0.6 is 0 Å². The second-order valence-electron chi connectivity index (χ2n) is 3.10. The monoisotopic (exact) mass is 165 g/mol. The zero-order valence-corrected chi connectivity index (χ0v) is 7.54. The van der Waals surface area contributed by atoms with Crippen molar-refractivity contribution in [3.63, 3.8) is 0 Å². The van der Waals surface area contributed by atoms with E-state index in [4.69, 9.17) is 5.73 Å². The average molecular weight is 165 g/mol. The SMILES string of the molecule is Cc1ccc(C(O)CN)cc1C. The molecule has 66 valence electrons. The van der Waals surface area contributed by atoms with Crippen LogP contribution < -0.4 is 5.73 Å². The van der Waals surface area contributed by atoms with Crippen molar-refractivity contribution >= 4 is 0 Å². The Labute approximate surface area is 73.0 Å². The minimum atomic E-state index is -0.524. The normalized spacial score (nSPS) is 13.0. The Morgan fingerprint density at radius 3 is 2.50 bits per heavy atom. The van der Waals surface area contributed by atoms with Gasteiger partial charge in [-0.1, -0.05) is 18.2 Å². The van der Waals surface area contributed by atoms with Crippen molar-refractivity contribution in [2.45, 2.75) is 20.0 Å². The number of rotatable bonds is 2. The first-order valence-electron chi connectivity index (χ1n) is 4.10. The fourth-order valence-corrected chi connectivity index (χ4v) is 1.11. The predicted molar refractivity (Wildman–Crippen MR) is 49.9 cm³/mol. The van der Waals surface area contributed by atoms with Crippen molar-refractivity contribution in [1.82, 2.24) is 0 Å². The van der Waals surface area contributed by atoms with Gasteiger partial charge in [0.2, 0.25) is 0 Å². The second kappa shape index (κ2) is 3.70. The number of aliphatic hydroxyl groups excluding tert-OH is 1. The highest BCUT2D eigenvalue weighted by Gasteiger charge is 2.04. The molecule has 2 heteroatoms. The van der Waals surface area contributed by atoms with Crippen molar-refractivity contribution < 1.29 is 5.11 Å². The van der Waals surface area contributed by atoms with Crippen LogP contribution in [-0.4, -0.2) is 11.7 Å². The van der Waals surface area contributed by atoms with Crippen LogP contribution in [-0.2, 0) is 0 Å². The maximum Gasteiger partial charge on any atom is 0.0912 e. The third-order valence-electron chi connectivity index (χ3n) is 2.14. The molecule has 0 spiro atoms. The quantitative estimate of drug-likeness (QED) is 0.693. The van der Waals surface area contributed by atoms with Gasteiger partial charge < -0.3 is 10.8 Å². The highest BCUT2D eigenvalue weighted by atomic mass is 16.3. The Hall–Kier alpha value is -0.860. The molecule has 0 aliphatic rings. The fourth-order valence-electron chi connectivity index (χ4n) is 1.11. The lowest BCUT2D eigenvalue weighted by molar-refractivity contribution is 0.186. The molecule has 12 heavy (non-hydrogen) atoms. The summed E-state index contributed by atoms with van der Waals surface area (Å²) in [6, 6.07) is 5.90. The van der Waals surface area contributed by atoms with Crippen LogP contribution in [0, 0.1) is 13.8 Å². The van der Waals surface area contributed by atoms with Gasteiger partial charge in [0.25, 0.3) is 0 Å².